The molecule has 26 heavy (non-hydrogen) atoms. The van der Waals surface area contributed by atoms with Gasteiger partial charge < -0.3 is 14.8 Å². The summed E-state index contributed by atoms with van der Waals surface area (Å²) in [5.41, 5.74) is 2.57. The molecule has 6 nitrogen and oxygen atoms in total. The molecule has 3 aromatic rings. The van der Waals surface area contributed by atoms with Crippen LogP contribution in [0.5, 0.6) is 11.5 Å². The van der Waals surface area contributed by atoms with Gasteiger partial charge in [-0.15, -0.1) is 0 Å². The van der Waals surface area contributed by atoms with Gasteiger partial charge in [0, 0.05) is 22.5 Å². The molecule has 0 saturated heterocycles. The summed E-state index contributed by atoms with van der Waals surface area (Å²) < 4.78 is 12.7. The van der Waals surface area contributed by atoms with Gasteiger partial charge in [-0.05, 0) is 43.3 Å². The minimum Gasteiger partial charge on any atom is -0.486 e. The molecule has 0 aliphatic carbocycles. The summed E-state index contributed by atoms with van der Waals surface area (Å²) in [6.45, 7) is 2.90. The lowest BCUT2D eigenvalue weighted by atomic mass is 10.2. The molecule has 132 valence electrons. The predicted molar refractivity (Wildman–Crippen MR) is 98.7 cm³/mol. The molecule has 1 aliphatic rings. The molecule has 0 atom stereocenters. The average Bonchev–Trinajstić information content (AvgIpc) is 3.03. The van der Waals surface area contributed by atoms with E-state index >= 15 is 0 Å². The molecular formula is C19H16ClN3O3. The Hall–Kier alpha value is -2.99. The normalized spacial score (nSPS) is 12.7. The third-order valence-corrected chi connectivity index (χ3v) is 4.21. The van der Waals surface area contributed by atoms with Crippen molar-refractivity contribution in [3.63, 3.8) is 0 Å². The largest absolute Gasteiger partial charge is 0.486 e. The van der Waals surface area contributed by atoms with Crippen LogP contribution in [-0.2, 0) is 0 Å². The molecule has 0 bridgehead atoms. The number of aryl methyl sites for hydroxylation is 1. The summed E-state index contributed by atoms with van der Waals surface area (Å²) in [5.74, 6) is 0.996. The van der Waals surface area contributed by atoms with Crippen LogP contribution in [0, 0.1) is 6.92 Å². The molecular weight excluding hydrogens is 354 g/mol. The topological polar surface area (TPSA) is 65.4 Å². The Bertz CT molecular complexity index is 984. The van der Waals surface area contributed by atoms with Crippen molar-refractivity contribution in [2.75, 3.05) is 18.5 Å². The number of hydrogen-bond donors (Lipinski definition) is 1. The van der Waals surface area contributed by atoms with Crippen molar-refractivity contribution in [3.8, 4) is 17.2 Å². The number of hydrogen-bond acceptors (Lipinski definition) is 4. The molecule has 4 rings (SSSR count). The maximum absolute atomic E-state index is 12.6. The Balaban J connectivity index is 1.56. The molecule has 1 amide bonds. The van der Waals surface area contributed by atoms with Gasteiger partial charge >= 0.3 is 0 Å². The maximum Gasteiger partial charge on any atom is 0.276 e. The van der Waals surface area contributed by atoms with E-state index in [-0.39, 0.29) is 5.91 Å². The minimum atomic E-state index is -0.300. The third kappa shape index (κ3) is 3.23. The van der Waals surface area contributed by atoms with Crippen LogP contribution >= 0.6 is 11.6 Å². The smallest absolute Gasteiger partial charge is 0.276 e. The first-order valence-corrected chi connectivity index (χ1v) is 8.51. The molecule has 7 heteroatoms. The zero-order valence-electron chi connectivity index (χ0n) is 14.0. The lowest BCUT2D eigenvalue weighted by Gasteiger charge is -2.18. The number of carbonyl (C=O) groups excluding carboxylic acids is 1. The summed E-state index contributed by atoms with van der Waals surface area (Å²) in [4.78, 5) is 12.6. The van der Waals surface area contributed by atoms with Crippen LogP contribution in [0.3, 0.4) is 0 Å². The highest BCUT2D eigenvalue weighted by molar-refractivity contribution is 6.30. The van der Waals surface area contributed by atoms with Gasteiger partial charge in [0.25, 0.3) is 5.91 Å². The second-order valence-electron chi connectivity index (χ2n) is 5.88. The highest BCUT2D eigenvalue weighted by atomic mass is 35.5. The number of carbonyl (C=O) groups is 1. The molecule has 1 aromatic heterocycles. The van der Waals surface area contributed by atoms with E-state index in [4.69, 9.17) is 21.1 Å². The molecule has 0 radical (unpaired) electrons. The van der Waals surface area contributed by atoms with Crippen molar-refractivity contribution in [1.82, 2.24) is 9.78 Å². The number of nitrogens with zero attached hydrogens (tertiary/aromatic N) is 2. The fourth-order valence-electron chi connectivity index (χ4n) is 2.77. The second kappa shape index (κ2) is 6.72. The van der Waals surface area contributed by atoms with E-state index in [1.165, 1.54) is 0 Å². The number of anilines is 1. The molecule has 2 heterocycles. The maximum atomic E-state index is 12.6. The summed E-state index contributed by atoms with van der Waals surface area (Å²) >= 11 is 6.04. The predicted octanol–water partition coefficient (Wildman–Crippen LogP) is 3.86. The molecule has 0 unspecified atom stereocenters. The van der Waals surface area contributed by atoms with Gasteiger partial charge in [-0.3, -0.25) is 4.79 Å². The number of fused-ring (bicyclic) bond motifs is 1. The minimum absolute atomic E-state index is 0.300. The lowest BCUT2D eigenvalue weighted by molar-refractivity contribution is 0.102. The monoisotopic (exact) mass is 369 g/mol. The first kappa shape index (κ1) is 16.5. The Labute approximate surface area is 155 Å². The SMILES string of the molecule is Cc1cc(C(=O)Nc2ccc3c(c2)OCCO3)nn1-c1cccc(Cl)c1. The van der Waals surface area contributed by atoms with E-state index in [2.05, 4.69) is 10.4 Å². The number of aromatic nitrogens is 2. The molecule has 0 saturated carbocycles. The number of ether oxygens (including phenoxy) is 2. The van der Waals surface area contributed by atoms with Crippen LogP contribution in [0.1, 0.15) is 16.2 Å². The van der Waals surface area contributed by atoms with Crippen LogP contribution in [0.4, 0.5) is 5.69 Å². The molecule has 0 fully saturated rings. The second-order valence-corrected chi connectivity index (χ2v) is 6.31. The van der Waals surface area contributed by atoms with Crippen LogP contribution in [0.25, 0.3) is 5.69 Å². The standard InChI is InChI=1S/C19H16ClN3O3/c1-12-9-16(22-23(12)15-4-2-3-13(20)10-15)19(24)21-14-5-6-17-18(11-14)26-8-7-25-17/h2-6,9-11H,7-8H2,1H3,(H,21,24). The number of halogens is 1. The van der Waals surface area contributed by atoms with Crippen LogP contribution in [-0.4, -0.2) is 28.9 Å². The zero-order valence-corrected chi connectivity index (χ0v) is 14.8. The van der Waals surface area contributed by atoms with E-state index in [9.17, 15) is 4.79 Å². The highest BCUT2D eigenvalue weighted by Crippen LogP contribution is 2.32. The summed E-state index contributed by atoms with van der Waals surface area (Å²) in [5, 5.41) is 7.84. The van der Waals surface area contributed by atoms with Crippen molar-refractivity contribution >= 4 is 23.2 Å². The summed E-state index contributed by atoms with van der Waals surface area (Å²) in [6.07, 6.45) is 0. The molecule has 0 spiro atoms. The molecule has 1 aliphatic heterocycles. The summed E-state index contributed by atoms with van der Waals surface area (Å²) in [6, 6.07) is 14.3. The lowest BCUT2D eigenvalue weighted by Crippen LogP contribution is -2.16. The number of nitrogens with one attached hydrogen (secondary N) is 1. The van der Waals surface area contributed by atoms with E-state index < -0.39 is 0 Å². The van der Waals surface area contributed by atoms with Gasteiger partial charge in [-0.1, -0.05) is 17.7 Å². The number of amides is 1. The molecule has 2 aromatic carbocycles. The molecule has 1 N–H and O–H groups in total. The highest BCUT2D eigenvalue weighted by Gasteiger charge is 2.16. The van der Waals surface area contributed by atoms with Gasteiger partial charge in [0.15, 0.2) is 17.2 Å². The fourth-order valence-corrected chi connectivity index (χ4v) is 2.96. The Morgan fingerprint density at radius 2 is 1.92 bits per heavy atom. The van der Waals surface area contributed by atoms with E-state index in [1.807, 2.05) is 19.1 Å². The van der Waals surface area contributed by atoms with Crippen molar-refractivity contribution in [1.29, 1.82) is 0 Å². The Morgan fingerprint density at radius 3 is 2.73 bits per heavy atom. The van der Waals surface area contributed by atoms with E-state index in [0.29, 0.717) is 41.1 Å². The van der Waals surface area contributed by atoms with Crippen molar-refractivity contribution < 1.29 is 14.3 Å². The fraction of sp³-hybridized carbons (Fsp3) is 0.158. The van der Waals surface area contributed by atoms with E-state index in [1.54, 1.807) is 41.1 Å². The van der Waals surface area contributed by atoms with Gasteiger partial charge in [0.1, 0.15) is 13.2 Å². The first-order chi connectivity index (χ1) is 12.6. The van der Waals surface area contributed by atoms with Gasteiger partial charge in [0.05, 0.1) is 5.69 Å². The first-order valence-electron chi connectivity index (χ1n) is 8.14. The average molecular weight is 370 g/mol. The number of benzene rings is 2. The van der Waals surface area contributed by atoms with Crippen molar-refractivity contribution in [2.45, 2.75) is 6.92 Å². The van der Waals surface area contributed by atoms with Gasteiger partial charge in [-0.25, -0.2) is 4.68 Å². The quantitative estimate of drug-likeness (QED) is 0.761. The Kier molecular flexibility index (Phi) is 4.26. The third-order valence-electron chi connectivity index (χ3n) is 3.97. The zero-order chi connectivity index (χ0) is 18.1. The van der Waals surface area contributed by atoms with Gasteiger partial charge in [-0.2, -0.15) is 5.10 Å². The summed E-state index contributed by atoms with van der Waals surface area (Å²) in [7, 11) is 0. The van der Waals surface area contributed by atoms with Crippen LogP contribution in [0.2, 0.25) is 5.02 Å². The number of rotatable bonds is 3. The van der Waals surface area contributed by atoms with Gasteiger partial charge in [0.2, 0.25) is 0 Å². The van der Waals surface area contributed by atoms with Crippen molar-refractivity contribution in [2.24, 2.45) is 0 Å². The van der Waals surface area contributed by atoms with Crippen molar-refractivity contribution in [3.05, 3.63) is 64.9 Å². The van der Waals surface area contributed by atoms with Crippen LogP contribution < -0.4 is 14.8 Å². The van der Waals surface area contributed by atoms with Crippen LogP contribution in [0.15, 0.2) is 48.5 Å². The van der Waals surface area contributed by atoms with E-state index in [0.717, 1.165) is 11.4 Å². The Morgan fingerprint density at radius 1 is 1.12 bits per heavy atom.